The highest BCUT2D eigenvalue weighted by Crippen LogP contribution is 2.17. The van der Waals surface area contributed by atoms with Gasteiger partial charge in [-0.15, -0.1) is 5.10 Å². The van der Waals surface area contributed by atoms with Crippen molar-refractivity contribution >= 4 is 11.7 Å². The van der Waals surface area contributed by atoms with Crippen LogP contribution >= 0.6 is 0 Å². The average Bonchev–Trinajstić information content (AvgIpc) is 2.74. The number of rotatable bonds is 3. The quantitative estimate of drug-likeness (QED) is 0.780. The average molecular weight is 235 g/mol. The Morgan fingerprint density at radius 3 is 2.59 bits per heavy atom. The number of carbonyl (C=O) groups excluding carboxylic acids is 1. The lowest BCUT2D eigenvalue weighted by molar-refractivity contribution is -0.133. The summed E-state index contributed by atoms with van der Waals surface area (Å²) in [5, 5.41) is 3.89. The Kier molecular flexibility index (Phi) is 2.72. The number of hydrazone groups is 1. The van der Waals surface area contributed by atoms with Crippen molar-refractivity contribution in [2.45, 2.75) is 12.8 Å². The molecule has 1 aliphatic heterocycles. The van der Waals surface area contributed by atoms with Crippen molar-refractivity contribution in [2.24, 2.45) is 10.8 Å². The largest absolute Gasteiger partial charge is 0.497 e. The number of ether oxygens (including phenoxy) is 2. The summed E-state index contributed by atoms with van der Waals surface area (Å²) in [7, 11) is 1.58. The lowest BCUT2D eigenvalue weighted by Crippen LogP contribution is -2.56. The van der Waals surface area contributed by atoms with Crippen molar-refractivity contribution in [3.8, 4) is 5.75 Å². The molecule has 1 aromatic carbocycles. The Morgan fingerprint density at radius 2 is 2.12 bits per heavy atom. The number of hydrogen-bond acceptors (Lipinski definition) is 6. The van der Waals surface area contributed by atoms with Crippen LogP contribution < -0.4 is 15.9 Å². The van der Waals surface area contributed by atoms with Gasteiger partial charge in [0.15, 0.2) is 0 Å². The van der Waals surface area contributed by atoms with Crippen LogP contribution in [-0.4, -0.2) is 24.6 Å². The Labute approximate surface area is 98.4 Å². The van der Waals surface area contributed by atoms with Gasteiger partial charge in [-0.2, -0.15) is 0 Å². The second-order valence-corrected chi connectivity index (χ2v) is 3.65. The molecule has 0 amide bonds. The third kappa shape index (κ3) is 2.07. The lowest BCUT2D eigenvalue weighted by atomic mass is 10.2. The smallest absolute Gasteiger partial charge is 0.312 e. The van der Waals surface area contributed by atoms with Crippen LogP contribution in [0.25, 0.3) is 0 Å². The van der Waals surface area contributed by atoms with Crippen molar-refractivity contribution in [2.75, 3.05) is 7.11 Å². The molecular weight excluding hydrogens is 222 g/mol. The summed E-state index contributed by atoms with van der Waals surface area (Å²) < 4.78 is 10.3. The summed E-state index contributed by atoms with van der Waals surface area (Å²) in [6.45, 7) is 1.33. The molecular formula is C11H13N3O3. The van der Waals surface area contributed by atoms with E-state index < -0.39 is 5.85 Å². The van der Waals surface area contributed by atoms with E-state index in [1.807, 2.05) is 0 Å². The van der Waals surface area contributed by atoms with Crippen LogP contribution in [0.4, 0.5) is 0 Å². The highest BCUT2D eigenvalue weighted by Gasteiger charge is 2.39. The number of methoxy groups -OCH3 is 1. The molecule has 0 bridgehead atoms. The van der Waals surface area contributed by atoms with Crippen LogP contribution in [0.3, 0.4) is 0 Å². The van der Waals surface area contributed by atoms with E-state index in [-0.39, 0.29) is 11.7 Å². The maximum absolute atomic E-state index is 11.2. The number of benzene rings is 1. The fraction of sp³-hybridized carbons (Fsp3) is 0.273. The van der Waals surface area contributed by atoms with E-state index in [9.17, 15) is 4.79 Å². The molecule has 2 rings (SSSR count). The summed E-state index contributed by atoms with van der Waals surface area (Å²) in [6.07, 6.45) is 0. The molecule has 6 heteroatoms. The van der Waals surface area contributed by atoms with Gasteiger partial charge in [-0.25, -0.2) is 5.43 Å². The summed E-state index contributed by atoms with van der Waals surface area (Å²) >= 11 is 0. The van der Waals surface area contributed by atoms with Crippen LogP contribution in [0.5, 0.6) is 5.75 Å². The van der Waals surface area contributed by atoms with E-state index in [0.29, 0.717) is 5.56 Å². The number of ketones is 1. The molecule has 1 heterocycles. The monoisotopic (exact) mass is 235 g/mol. The standard InChI is InChI=1S/C11H13N3O3/c1-7(15)11(12)14-13-10(17-11)8-3-5-9(16-2)6-4-8/h3-6,14H,12H2,1-2H3. The second kappa shape index (κ2) is 4.06. The van der Waals surface area contributed by atoms with Crippen LogP contribution in [0.15, 0.2) is 29.4 Å². The first-order chi connectivity index (χ1) is 8.05. The van der Waals surface area contributed by atoms with Crippen LogP contribution in [0.2, 0.25) is 0 Å². The predicted octanol–water partition coefficient (Wildman–Crippen LogP) is 0.178. The van der Waals surface area contributed by atoms with Crippen LogP contribution in [-0.2, 0) is 9.53 Å². The zero-order valence-corrected chi connectivity index (χ0v) is 9.56. The molecule has 1 unspecified atom stereocenters. The minimum atomic E-state index is -1.56. The number of hydrogen-bond donors (Lipinski definition) is 2. The SMILES string of the molecule is COc1ccc(C2=NNC(N)(C(C)=O)O2)cc1. The Balaban J connectivity index is 2.17. The van der Waals surface area contributed by atoms with Gasteiger partial charge in [0.25, 0.3) is 0 Å². The molecule has 1 aliphatic rings. The fourth-order valence-electron chi connectivity index (χ4n) is 1.34. The molecule has 0 aromatic heterocycles. The Hall–Kier alpha value is -2.08. The van der Waals surface area contributed by atoms with E-state index >= 15 is 0 Å². The predicted molar refractivity (Wildman–Crippen MR) is 61.4 cm³/mol. The molecule has 90 valence electrons. The Morgan fingerprint density at radius 1 is 1.47 bits per heavy atom. The van der Waals surface area contributed by atoms with E-state index in [1.54, 1.807) is 31.4 Å². The fourth-order valence-corrected chi connectivity index (χ4v) is 1.34. The normalized spacial score (nSPS) is 22.4. The van der Waals surface area contributed by atoms with Crippen molar-refractivity contribution in [1.29, 1.82) is 0 Å². The third-order valence-corrected chi connectivity index (χ3v) is 2.44. The van der Waals surface area contributed by atoms with Gasteiger partial charge in [-0.1, -0.05) is 0 Å². The number of nitrogens with one attached hydrogen (secondary N) is 1. The van der Waals surface area contributed by atoms with Gasteiger partial charge in [-0.3, -0.25) is 10.5 Å². The van der Waals surface area contributed by atoms with Crippen molar-refractivity contribution in [1.82, 2.24) is 5.43 Å². The molecule has 1 atom stereocenters. The first kappa shape index (κ1) is 11.4. The highest BCUT2D eigenvalue weighted by molar-refractivity contribution is 5.98. The zero-order chi connectivity index (χ0) is 12.5. The summed E-state index contributed by atoms with van der Waals surface area (Å²) in [4.78, 5) is 11.2. The molecule has 3 N–H and O–H groups in total. The first-order valence-corrected chi connectivity index (χ1v) is 5.03. The van der Waals surface area contributed by atoms with Gasteiger partial charge in [0.1, 0.15) is 5.75 Å². The second-order valence-electron chi connectivity index (χ2n) is 3.65. The van der Waals surface area contributed by atoms with E-state index in [4.69, 9.17) is 15.2 Å². The molecule has 0 fully saturated rings. The van der Waals surface area contributed by atoms with Crippen LogP contribution in [0, 0.1) is 0 Å². The van der Waals surface area contributed by atoms with Gasteiger partial charge in [0, 0.05) is 12.5 Å². The van der Waals surface area contributed by atoms with E-state index in [1.165, 1.54) is 6.92 Å². The van der Waals surface area contributed by atoms with Crippen molar-refractivity contribution in [3.63, 3.8) is 0 Å². The van der Waals surface area contributed by atoms with Crippen molar-refractivity contribution < 1.29 is 14.3 Å². The molecule has 0 saturated heterocycles. The zero-order valence-electron chi connectivity index (χ0n) is 9.56. The van der Waals surface area contributed by atoms with Gasteiger partial charge in [-0.05, 0) is 24.3 Å². The molecule has 0 aliphatic carbocycles. The summed E-state index contributed by atoms with van der Waals surface area (Å²) in [5.41, 5.74) is 8.85. The lowest BCUT2D eigenvalue weighted by Gasteiger charge is -2.19. The maximum atomic E-state index is 11.2. The van der Waals surface area contributed by atoms with Gasteiger partial charge >= 0.3 is 5.85 Å². The number of carbonyl (C=O) groups is 1. The van der Waals surface area contributed by atoms with Gasteiger partial charge < -0.3 is 9.47 Å². The van der Waals surface area contributed by atoms with Crippen LogP contribution in [0.1, 0.15) is 12.5 Å². The number of nitrogens with two attached hydrogens (primary N) is 1. The van der Waals surface area contributed by atoms with E-state index in [2.05, 4.69) is 10.5 Å². The van der Waals surface area contributed by atoms with Crippen molar-refractivity contribution in [3.05, 3.63) is 29.8 Å². The molecule has 0 spiro atoms. The topological polar surface area (TPSA) is 85.9 Å². The van der Waals surface area contributed by atoms with E-state index in [0.717, 1.165) is 5.75 Å². The number of Topliss-reactive ketones (excluding diaryl/α,β-unsaturated/α-hetero) is 1. The minimum Gasteiger partial charge on any atom is -0.497 e. The number of nitrogens with zero attached hydrogens (tertiary/aromatic N) is 1. The highest BCUT2D eigenvalue weighted by atomic mass is 16.6. The molecule has 6 nitrogen and oxygen atoms in total. The Bertz CT molecular complexity index is 469. The molecule has 1 aromatic rings. The van der Waals surface area contributed by atoms with Gasteiger partial charge in [0.05, 0.1) is 7.11 Å². The van der Waals surface area contributed by atoms with Gasteiger partial charge in [0.2, 0.25) is 11.7 Å². The summed E-state index contributed by atoms with van der Waals surface area (Å²) in [6, 6.07) is 7.08. The molecule has 17 heavy (non-hydrogen) atoms. The first-order valence-electron chi connectivity index (χ1n) is 5.03. The molecule has 0 radical (unpaired) electrons. The molecule has 0 saturated carbocycles. The maximum Gasteiger partial charge on any atom is 0.312 e. The minimum absolute atomic E-state index is 0.283. The third-order valence-electron chi connectivity index (χ3n) is 2.44. The summed E-state index contributed by atoms with van der Waals surface area (Å²) in [5.74, 6) is -0.893.